The first kappa shape index (κ1) is 13.1. The number of fused-ring (bicyclic) bond motifs is 3. The zero-order valence-corrected chi connectivity index (χ0v) is 13.2. The van der Waals surface area contributed by atoms with Crippen LogP contribution in [0, 0.1) is 11.8 Å². The number of aryl methyl sites for hydroxylation is 1. The van der Waals surface area contributed by atoms with Gasteiger partial charge in [-0.25, -0.2) is 0 Å². The van der Waals surface area contributed by atoms with Crippen LogP contribution in [-0.2, 0) is 6.42 Å². The molecule has 4 heteroatoms. The van der Waals surface area contributed by atoms with Crippen molar-refractivity contribution < 1.29 is 0 Å². The van der Waals surface area contributed by atoms with Crippen LogP contribution in [0.3, 0.4) is 0 Å². The van der Waals surface area contributed by atoms with Gasteiger partial charge in [0.15, 0.2) is 0 Å². The zero-order valence-electron chi connectivity index (χ0n) is 10.9. The lowest BCUT2D eigenvalue weighted by Gasteiger charge is -2.13. The van der Waals surface area contributed by atoms with E-state index in [1.807, 2.05) is 6.07 Å². The molecule has 20 heavy (non-hydrogen) atoms. The normalized spacial score (nSPS) is 28.6. The molecule has 2 aromatic rings. The molecule has 1 heterocycles. The molecule has 0 spiro atoms. The Balaban J connectivity index is 1.65. The smallest absolute Gasteiger partial charge is 0.0991 e. The molecule has 4 unspecified atom stereocenters. The summed E-state index contributed by atoms with van der Waals surface area (Å²) in [6.07, 6.45) is 2.42. The molecule has 1 aromatic carbocycles. The van der Waals surface area contributed by atoms with E-state index in [1.54, 1.807) is 0 Å². The van der Waals surface area contributed by atoms with Crippen LogP contribution in [0.25, 0.3) is 0 Å². The number of nitrogens with two attached hydrogens (primary N) is 1. The standard InChI is InChI=1S/C16H15Cl2NS/c17-12-7-11(16(18)20-12)15(19)14-10-6-5-8-3-1-2-4-9(8)13(10)14/h1-4,7,10,13-15H,5-6,19H2. The summed E-state index contributed by atoms with van der Waals surface area (Å²) in [6.45, 7) is 0. The first-order valence-electron chi connectivity index (χ1n) is 6.95. The van der Waals surface area contributed by atoms with Crippen molar-refractivity contribution in [1.82, 2.24) is 0 Å². The fourth-order valence-electron chi connectivity index (χ4n) is 3.90. The Morgan fingerprint density at radius 1 is 1.25 bits per heavy atom. The van der Waals surface area contributed by atoms with Gasteiger partial charge >= 0.3 is 0 Å². The minimum atomic E-state index is 0.00686. The average Bonchev–Trinajstić information content (AvgIpc) is 3.09. The Hall–Kier alpha value is -0.540. The fourth-order valence-corrected chi connectivity index (χ4v) is 5.46. The lowest BCUT2D eigenvalue weighted by Crippen LogP contribution is -2.13. The van der Waals surface area contributed by atoms with Gasteiger partial charge in [0, 0.05) is 11.6 Å². The van der Waals surface area contributed by atoms with Gasteiger partial charge in [-0.1, -0.05) is 47.5 Å². The maximum absolute atomic E-state index is 6.49. The van der Waals surface area contributed by atoms with Crippen LogP contribution in [0.2, 0.25) is 8.67 Å². The third-order valence-electron chi connectivity index (χ3n) is 4.85. The molecule has 1 saturated carbocycles. The number of halogens is 2. The molecular formula is C16H15Cl2NS. The van der Waals surface area contributed by atoms with E-state index in [1.165, 1.54) is 35.3 Å². The predicted octanol–water partition coefficient (Wildman–Crippen LogP) is 5.03. The van der Waals surface area contributed by atoms with Crippen LogP contribution in [0.1, 0.15) is 35.1 Å². The summed E-state index contributed by atoms with van der Waals surface area (Å²) in [4.78, 5) is 0. The van der Waals surface area contributed by atoms with Crippen molar-refractivity contribution in [2.75, 3.05) is 0 Å². The van der Waals surface area contributed by atoms with Gasteiger partial charge in [-0.15, -0.1) is 11.3 Å². The third kappa shape index (κ3) is 1.93. The highest BCUT2D eigenvalue weighted by molar-refractivity contribution is 7.20. The van der Waals surface area contributed by atoms with Gasteiger partial charge in [-0.2, -0.15) is 0 Å². The van der Waals surface area contributed by atoms with Crippen LogP contribution in [0.15, 0.2) is 30.3 Å². The molecule has 0 saturated heterocycles. The molecule has 104 valence electrons. The Morgan fingerprint density at radius 3 is 2.80 bits per heavy atom. The number of benzene rings is 1. The Morgan fingerprint density at radius 2 is 2.05 bits per heavy atom. The molecule has 4 rings (SSSR count). The largest absolute Gasteiger partial charge is 0.324 e. The Bertz CT molecular complexity index is 666. The van der Waals surface area contributed by atoms with Crippen LogP contribution in [-0.4, -0.2) is 0 Å². The summed E-state index contributed by atoms with van der Waals surface area (Å²) >= 11 is 13.7. The number of rotatable bonds is 2. The van der Waals surface area contributed by atoms with E-state index < -0.39 is 0 Å². The molecule has 2 N–H and O–H groups in total. The van der Waals surface area contributed by atoms with Crippen LogP contribution < -0.4 is 5.73 Å². The third-order valence-corrected chi connectivity index (χ3v) is 6.37. The van der Waals surface area contributed by atoms with E-state index in [-0.39, 0.29) is 6.04 Å². The molecule has 0 amide bonds. The van der Waals surface area contributed by atoms with E-state index in [0.717, 1.165) is 20.2 Å². The van der Waals surface area contributed by atoms with Crippen molar-refractivity contribution in [2.45, 2.75) is 24.8 Å². The lowest BCUT2D eigenvalue weighted by atomic mass is 9.92. The fraction of sp³-hybridized carbons (Fsp3) is 0.375. The van der Waals surface area contributed by atoms with Gasteiger partial charge in [0.05, 0.1) is 8.67 Å². The van der Waals surface area contributed by atoms with Gasteiger partial charge in [0.25, 0.3) is 0 Å². The highest BCUT2D eigenvalue weighted by Crippen LogP contribution is 2.64. The molecule has 2 aliphatic carbocycles. The maximum Gasteiger partial charge on any atom is 0.0991 e. The van der Waals surface area contributed by atoms with E-state index in [9.17, 15) is 0 Å². The van der Waals surface area contributed by atoms with E-state index in [2.05, 4.69) is 24.3 Å². The van der Waals surface area contributed by atoms with Crippen molar-refractivity contribution in [3.05, 3.63) is 55.7 Å². The number of thiophene rings is 1. The first-order chi connectivity index (χ1) is 9.66. The molecule has 0 radical (unpaired) electrons. The molecule has 0 bridgehead atoms. The highest BCUT2D eigenvalue weighted by atomic mass is 35.5. The Kier molecular flexibility index (Phi) is 3.11. The van der Waals surface area contributed by atoms with E-state index >= 15 is 0 Å². The van der Waals surface area contributed by atoms with Crippen molar-refractivity contribution >= 4 is 34.5 Å². The SMILES string of the molecule is NC(c1cc(Cl)sc1Cl)C1C2CCc3ccccc3C21. The quantitative estimate of drug-likeness (QED) is 0.824. The van der Waals surface area contributed by atoms with E-state index in [4.69, 9.17) is 28.9 Å². The van der Waals surface area contributed by atoms with Gasteiger partial charge in [-0.3, -0.25) is 0 Å². The van der Waals surface area contributed by atoms with Crippen LogP contribution in [0.4, 0.5) is 0 Å². The second-order valence-electron chi connectivity index (χ2n) is 5.81. The molecular weight excluding hydrogens is 309 g/mol. The summed E-state index contributed by atoms with van der Waals surface area (Å²) in [6, 6.07) is 10.7. The molecule has 1 nitrogen and oxygen atoms in total. The van der Waals surface area contributed by atoms with Gasteiger partial charge < -0.3 is 5.73 Å². The van der Waals surface area contributed by atoms with Gasteiger partial charge in [0.2, 0.25) is 0 Å². The maximum atomic E-state index is 6.49. The Labute approximate surface area is 132 Å². The summed E-state index contributed by atoms with van der Waals surface area (Å²) in [7, 11) is 0. The summed E-state index contributed by atoms with van der Waals surface area (Å²) in [5, 5.41) is 0. The molecule has 0 aliphatic heterocycles. The van der Waals surface area contributed by atoms with Crippen molar-refractivity contribution in [2.24, 2.45) is 17.6 Å². The topological polar surface area (TPSA) is 26.0 Å². The second kappa shape index (κ2) is 4.74. The number of hydrogen-bond donors (Lipinski definition) is 1. The first-order valence-corrected chi connectivity index (χ1v) is 8.52. The predicted molar refractivity (Wildman–Crippen MR) is 85.8 cm³/mol. The van der Waals surface area contributed by atoms with Crippen molar-refractivity contribution in [3.63, 3.8) is 0 Å². The van der Waals surface area contributed by atoms with Crippen LogP contribution >= 0.6 is 34.5 Å². The summed E-state index contributed by atoms with van der Waals surface area (Å²) in [5.41, 5.74) is 10.5. The summed E-state index contributed by atoms with van der Waals surface area (Å²) in [5.74, 6) is 1.85. The number of hydrogen-bond acceptors (Lipinski definition) is 2. The summed E-state index contributed by atoms with van der Waals surface area (Å²) < 4.78 is 1.48. The lowest BCUT2D eigenvalue weighted by molar-refractivity contribution is 0.557. The van der Waals surface area contributed by atoms with Crippen molar-refractivity contribution in [1.29, 1.82) is 0 Å². The van der Waals surface area contributed by atoms with E-state index in [0.29, 0.717) is 11.8 Å². The molecule has 4 atom stereocenters. The average molecular weight is 324 g/mol. The second-order valence-corrected chi connectivity index (χ2v) is 8.10. The minimum Gasteiger partial charge on any atom is -0.324 e. The molecule has 1 fully saturated rings. The zero-order chi connectivity index (χ0) is 13.9. The van der Waals surface area contributed by atoms with Gasteiger partial charge in [-0.05, 0) is 47.8 Å². The van der Waals surface area contributed by atoms with Gasteiger partial charge in [0.1, 0.15) is 0 Å². The monoisotopic (exact) mass is 323 g/mol. The highest BCUT2D eigenvalue weighted by Gasteiger charge is 2.56. The van der Waals surface area contributed by atoms with Crippen LogP contribution in [0.5, 0.6) is 0 Å². The molecule has 2 aliphatic rings. The van der Waals surface area contributed by atoms with Crippen molar-refractivity contribution in [3.8, 4) is 0 Å². The minimum absolute atomic E-state index is 0.00686. The molecule has 1 aromatic heterocycles.